The summed E-state index contributed by atoms with van der Waals surface area (Å²) >= 11 is 0. The molecular weight excluding hydrogens is 288 g/mol. The van der Waals surface area contributed by atoms with Gasteiger partial charge in [-0.05, 0) is 36.1 Å². The van der Waals surface area contributed by atoms with Crippen molar-refractivity contribution in [2.75, 3.05) is 32.5 Å². The summed E-state index contributed by atoms with van der Waals surface area (Å²) in [6.45, 7) is 6.85. The minimum atomic E-state index is -3.55. The van der Waals surface area contributed by atoms with Crippen molar-refractivity contribution < 1.29 is 13.2 Å². The van der Waals surface area contributed by atoms with E-state index in [1.807, 2.05) is 26.8 Å². The molecule has 120 valence electrons. The summed E-state index contributed by atoms with van der Waals surface area (Å²) in [5.41, 5.74) is 8.23. The molecule has 6 heteroatoms. The van der Waals surface area contributed by atoms with Crippen LogP contribution in [0.1, 0.15) is 31.9 Å². The summed E-state index contributed by atoms with van der Waals surface area (Å²) in [5.74, 6) is 0. The zero-order valence-corrected chi connectivity index (χ0v) is 14.2. The third-order valence-corrected chi connectivity index (χ3v) is 5.62. The van der Waals surface area contributed by atoms with Crippen LogP contribution in [0.3, 0.4) is 0 Å². The van der Waals surface area contributed by atoms with Gasteiger partial charge in [0.15, 0.2) is 0 Å². The van der Waals surface area contributed by atoms with Gasteiger partial charge >= 0.3 is 0 Å². The zero-order chi connectivity index (χ0) is 16.0. The highest BCUT2D eigenvalue weighted by atomic mass is 32.2. The molecular formula is C15H26N2O3S. The van der Waals surface area contributed by atoms with Crippen LogP contribution in [0.25, 0.3) is 0 Å². The first kappa shape index (κ1) is 17.9. The molecule has 0 atom stereocenters. The number of anilines is 1. The molecule has 2 N–H and O–H groups in total. The summed E-state index contributed by atoms with van der Waals surface area (Å²) < 4.78 is 32.2. The normalized spacial score (nSPS) is 12.0. The lowest BCUT2D eigenvalue weighted by atomic mass is 10.1. The second-order valence-corrected chi connectivity index (χ2v) is 6.76. The number of nitrogen functional groups attached to an aromatic ring is 1. The molecule has 0 amide bonds. The van der Waals surface area contributed by atoms with Crippen molar-refractivity contribution in [3.05, 3.63) is 23.3 Å². The van der Waals surface area contributed by atoms with Crippen molar-refractivity contribution in [1.29, 1.82) is 0 Å². The lowest BCUT2D eigenvalue weighted by Gasteiger charge is -2.23. The van der Waals surface area contributed by atoms with Crippen LogP contribution in [0.15, 0.2) is 17.0 Å². The molecule has 1 aromatic rings. The van der Waals surface area contributed by atoms with E-state index in [0.717, 1.165) is 12.0 Å². The number of aryl methyl sites for hydroxylation is 1. The number of rotatable bonds is 8. The molecule has 0 saturated carbocycles. The summed E-state index contributed by atoms with van der Waals surface area (Å²) in [7, 11) is -1.98. The van der Waals surface area contributed by atoms with Gasteiger partial charge in [-0.2, -0.15) is 4.31 Å². The zero-order valence-electron chi connectivity index (χ0n) is 13.3. The molecule has 0 fully saturated rings. The van der Waals surface area contributed by atoms with Gasteiger partial charge in [-0.3, -0.25) is 0 Å². The Labute approximate surface area is 128 Å². The molecule has 0 unspecified atom stereocenters. The topological polar surface area (TPSA) is 72.6 Å². The largest absolute Gasteiger partial charge is 0.398 e. The van der Waals surface area contributed by atoms with Crippen molar-refractivity contribution in [2.24, 2.45) is 0 Å². The number of sulfonamides is 1. The minimum absolute atomic E-state index is 0.333. The lowest BCUT2D eigenvalue weighted by Crippen LogP contribution is -2.34. The smallest absolute Gasteiger partial charge is 0.243 e. The second-order valence-electron chi connectivity index (χ2n) is 4.86. The Kier molecular flexibility index (Phi) is 6.64. The predicted molar refractivity (Wildman–Crippen MR) is 85.9 cm³/mol. The molecule has 21 heavy (non-hydrogen) atoms. The number of likely N-dealkylation sites (N-methyl/N-ethyl adjacent to an activating group) is 1. The van der Waals surface area contributed by atoms with Gasteiger partial charge in [-0.25, -0.2) is 8.42 Å². The van der Waals surface area contributed by atoms with Crippen molar-refractivity contribution in [3.63, 3.8) is 0 Å². The summed E-state index contributed by atoms with van der Waals surface area (Å²) in [6.07, 6.45) is 1.34. The van der Waals surface area contributed by atoms with E-state index in [1.165, 1.54) is 4.31 Å². The van der Waals surface area contributed by atoms with E-state index in [2.05, 4.69) is 0 Å². The molecule has 0 aliphatic heterocycles. The van der Waals surface area contributed by atoms with Crippen LogP contribution in [-0.2, 0) is 27.6 Å². The van der Waals surface area contributed by atoms with Crippen LogP contribution >= 0.6 is 0 Å². The van der Waals surface area contributed by atoms with E-state index < -0.39 is 10.0 Å². The maximum atomic E-state index is 12.9. The van der Waals surface area contributed by atoms with Crippen LogP contribution in [0.5, 0.6) is 0 Å². The van der Waals surface area contributed by atoms with E-state index in [0.29, 0.717) is 42.3 Å². The third-order valence-electron chi connectivity index (χ3n) is 3.58. The molecule has 0 aliphatic rings. The van der Waals surface area contributed by atoms with Gasteiger partial charge in [0.2, 0.25) is 10.0 Å². The number of methoxy groups -OCH3 is 1. The van der Waals surface area contributed by atoms with Crippen LogP contribution in [-0.4, -0.2) is 39.5 Å². The van der Waals surface area contributed by atoms with Crippen LogP contribution in [0.4, 0.5) is 5.69 Å². The molecule has 1 rings (SSSR count). The fourth-order valence-corrected chi connectivity index (χ4v) is 4.13. The molecule has 0 spiro atoms. The monoisotopic (exact) mass is 314 g/mol. The standard InChI is InChI=1S/C15H26N2O3S/c1-5-12-10-14(16)13(6-2)15(11-12)21(18,19)17(7-3)8-9-20-4/h10-11H,5-9,16H2,1-4H3. The molecule has 0 heterocycles. The fraction of sp³-hybridized carbons (Fsp3) is 0.600. The molecule has 0 aromatic heterocycles. The lowest BCUT2D eigenvalue weighted by molar-refractivity contribution is 0.180. The van der Waals surface area contributed by atoms with Gasteiger partial charge < -0.3 is 10.5 Å². The summed E-state index contributed by atoms with van der Waals surface area (Å²) in [6, 6.07) is 3.61. The first-order chi connectivity index (χ1) is 9.92. The number of benzene rings is 1. The van der Waals surface area contributed by atoms with Gasteiger partial charge in [-0.1, -0.05) is 20.8 Å². The van der Waals surface area contributed by atoms with E-state index in [1.54, 1.807) is 13.2 Å². The average Bonchev–Trinajstić information content (AvgIpc) is 2.46. The first-order valence-corrected chi connectivity index (χ1v) is 8.76. The maximum absolute atomic E-state index is 12.9. The molecule has 0 bridgehead atoms. The van der Waals surface area contributed by atoms with Gasteiger partial charge in [0.1, 0.15) is 0 Å². The minimum Gasteiger partial charge on any atom is -0.398 e. The number of hydrogen-bond donors (Lipinski definition) is 1. The van der Waals surface area contributed by atoms with Gasteiger partial charge in [0.05, 0.1) is 11.5 Å². The summed E-state index contributed by atoms with van der Waals surface area (Å²) in [4.78, 5) is 0.333. The number of hydrogen-bond acceptors (Lipinski definition) is 4. The van der Waals surface area contributed by atoms with Gasteiger partial charge in [0.25, 0.3) is 0 Å². The highest BCUT2D eigenvalue weighted by Gasteiger charge is 2.26. The number of nitrogens with two attached hydrogens (primary N) is 1. The quantitative estimate of drug-likeness (QED) is 0.745. The average molecular weight is 314 g/mol. The van der Waals surface area contributed by atoms with E-state index in [-0.39, 0.29) is 0 Å². The Bertz CT molecular complexity index is 571. The molecule has 5 nitrogen and oxygen atoms in total. The maximum Gasteiger partial charge on any atom is 0.243 e. The van der Waals surface area contributed by atoms with Crippen molar-refractivity contribution in [3.8, 4) is 0 Å². The van der Waals surface area contributed by atoms with Crippen molar-refractivity contribution in [2.45, 2.75) is 38.5 Å². The molecule has 0 radical (unpaired) electrons. The molecule has 0 saturated heterocycles. The van der Waals surface area contributed by atoms with E-state index >= 15 is 0 Å². The first-order valence-electron chi connectivity index (χ1n) is 7.32. The predicted octanol–water partition coefficient (Wildman–Crippen LogP) is 2.05. The Balaban J connectivity index is 3.37. The molecule has 0 aliphatic carbocycles. The van der Waals surface area contributed by atoms with Crippen LogP contribution in [0, 0.1) is 0 Å². The number of ether oxygens (including phenoxy) is 1. The van der Waals surface area contributed by atoms with Gasteiger partial charge in [0, 0.05) is 25.9 Å². The summed E-state index contributed by atoms with van der Waals surface area (Å²) in [5, 5.41) is 0. The Morgan fingerprint density at radius 2 is 1.86 bits per heavy atom. The Morgan fingerprint density at radius 3 is 2.33 bits per heavy atom. The van der Waals surface area contributed by atoms with Crippen molar-refractivity contribution in [1.82, 2.24) is 4.31 Å². The van der Waals surface area contributed by atoms with Crippen LogP contribution < -0.4 is 5.73 Å². The van der Waals surface area contributed by atoms with E-state index in [4.69, 9.17) is 10.5 Å². The van der Waals surface area contributed by atoms with Crippen LogP contribution in [0.2, 0.25) is 0 Å². The van der Waals surface area contributed by atoms with Gasteiger partial charge in [-0.15, -0.1) is 0 Å². The third kappa shape index (κ3) is 3.96. The Morgan fingerprint density at radius 1 is 1.19 bits per heavy atom. The second kappa shape index (κ2) is 7.77. The highest BCUT2D eigenvalue weighted by molar-refractivity contribution is 7.89. The Hall–Kier alpha value is -1.11. The highest BCUT2D eigenvalue weighted by Crippen LogP contribution is 2.27. The fourth-order valence-electron chi connectivity index (χ4n) is 2.32. The molecule has 1 aromatic carbocycles. The number of nitrogens with zero attached hydrogens (tertiary/aromatic N) is 1. The van der Waals surface area contributed by atoms with E-state index in [9.17, 15) is 8.42 Å². The van der Waals surface area contributed by atoms with Crippen molar-refractivity contribution >= 4 is 15.7 Å². The SMILES string of the molecule is CCc1cc(N)c(CC)c(S(=O)(=O)N(CC)CCOC)c1.